The SMILES string of the molecule is C[C@H](C(=O)N1CCN(c2ccc(S(=O)(=O)N=C(N)/C=C\C(=N)F)cc2)CC1)N1CCCc2cc(Cl)ccc21.C[C@H](C(=O)N1CCN(c2ccc(S(=O)[O-])cc2)CC1)N1CCCc2cc(Cl)ccc21.Cc1nc(C)c(Cl)c(N)n1.O=C1C(NCc2cc(F)cc(F)c2)CCN1c1ccc(S(=O)(=O)Nc2nccs2)cc1.O=C1[C@@H](NCCc2ccc(Cl)c(Cl)c2)CCN1c1ccc(S(=O)(=O)Nc2nccs2)cc1.[HH].[HH].[HH].[HH].[HH].[HH].[HH].[HH].[HH]. The summed E-state index contributed by atoms with van der Waals surface area (Å²) in [5.74, 6) is -2.01. The highest BCUT2D eigenvalue weighted by molar-refractivity contribution is 7.93. The Morgan fingerprint density at radius 2 is 1.03 bits per heavy atom. The van der Waals surface area contributed by atoms with Crippen LogP contribution in [0.1, 0.15) is 86.1 Å². The molecule has 6 aliphatic rings. The summed E-state index contributed by atoms with van der Waals surface area (Å²) >= 11 is 30.2. The fourth-order valence-corrected chi connectivity index (χ4v) is 22.3. The molecule has 46 heteroatoms. The van der Waals surface area contributed by atoms with Gasteiger partial charge in [-0.05, 0) is 282 Å². The molecule has 17 rings (SSSR count). The number of aromatic nitrogens is 4. The van der Waals surface area contributed by atoms with Gasteiger partial charge in [0.2, 0.25) is 29.6 Å². The fourth-order valence-electron chi connectivity index (χ4n) is 16.7. The predicted octanol–water partition coefficient (Wildman–Crippen LogP) is 17.3. The van der Waals surface area contributed by atoms with E-state index in [4.69, 9.17) is 74.9 Å². The van der Waals surface area contributed by atoms with Gasteiger partial charge in [-0.1, -0.05) is 64.1 Å². The number of amidine groups is 1. The average molecular weight is 2160 g/mol. The number of hydrogen-bond acceptors (Lipinski definition) is 26. The van der Waals surface area contributed by atoms with Gasteiger partial charge in [0.1, 0.15) is 46.2 Å². The van der Waals surface area contributed by atoms with Crippen molar-refractivity contribution in [2.75, 3.05) is 130 Å². The number of sulfonamides is 3. The monoisotopic (exact) mass is 2160 g/mol. The van der Waals surface area contributed by atoms with E-state index in [9.17, 15) is 66.4 Å². The summed E-state index contributed by atoms with van der Waals surface area (Å²) in [7, 11) is -11.6. The number of nitrogens with two attached hydrogens (primary N) is 2. The number of halogens is 8. The number of carbonyl (C=O) groups is 4. The Morgan fingerprint density at radius 1 is 0.574 bits per heavy atom. The third kappa shape index (κ3) is 28.6. The molecule has 3 aromatic heterocycles. The quantitative estimate of drug-likeness (QED) is 0.0150. The molecule has 2 unspecified atom stereocenters. The van der Waals surface area contributed by atoms with Crippen LogP contribution in [0.25, 0.3) is 0 Å². The van der Waals surface area contributed by atoms with Crippen LogP contribution in [0.15, 0.2) is 229 Å². The summed E-state index contributed by atoms with van der Waals surface area (Å²) in [6.07, 6.45) is 10.5. The van der Waals surface area contributed by atoms with E-state index in [0.29, 0.717) is 132 Å². The van der Waals surface area contributed by atoms with Crippen molar-refractivity contribution in [3.63, 3.8) is 0 Å². The van der Waals surface area contributed by atoms with Crippen LogP contribution in [0, 0.1) is 30.9 Å². The lowest BCUT2D eigenvalue weighted by molar-refractivity contribution is -0.133. The number of carbonyl (C=O) groups excluding carboxylic acids is 4. The molecule has 4 saturated heterocycles. The molecule has 5 atom stereocenters. The minimum atomic E-state index is -4.08. The first kappa shape index (κ1) is 107. The highest BCUT2D eigenvalue weighted by Gasteiger charge is 2.37. The van der Waals surface area contributed by atoms with Gasteiger partial charge in [-0.2, -0.15) is 12.8 Å². The van der Waals surface area contributed by atoms with E-state index in [1.165, 1.54) is 94.7 Å². The maximum atomic E-state index is 13.4. The number of fused-ring (bicyclic) bond motifs is 2. The van der Waals surface area contributed by atoms with Gasteiger partial charge in [0.15, 0.2) is 10.3 Å². The summed E-state index contributed by atoms with van der Waals surface area (Å²) in [5, 5.41) is 19.9. The molecule has 32 nitrogen and oxygen atoms in total. The Labute approximate surface area is 864 Å². The van der Waals surface area contributed by atoms with Crippen molar-refractivity contribution in [1.29, 1.82) is 5.41 Å². The Morgan fingerprint density at radius 3 is 1.47 bits per heavy atom. The van der Waals surface area contributed by atoms with Crippen LogP contribution < -0.4 is 60.9 Å². The number of anilines is 9. The average Bonchev–Trinajstić information content (AvgIpc) is 0.905. The van der Waals surface area contributed by atoms with E-state index < -0.39 is 70.6 Å². The Balaban J connectivity index is 0.000000396. The van der Waals surface area contributed by atoms with Crippen molar-refractivity contribution < 1.29 is 79.2 Å². The second-order valence-corrected chi connectivity index (χ2v) is 43.0. The third-order valence-corrected chi connectivity index (χ3v) is 31.8. The molecule has 0 radical (unpaired) electrons. The molecule has 0 saturated carbocycles. The van der Waals surface area contributed by atoms with Crippen LogP contribution >= 0.6 is 80.7 Å². The van der Waals surface area contributed by atoms with Gasteiger partial charge in [0.25, 0.3) is 30.1 Å². The lowest BCUT2D eigenvalue weighted by Gasteiger charge is -2.41. The van der Waals surface area contributed by atoms with Crippen molar-refractivity contribution >= 4 is 207 Å². The van der Waals surface area contributed by atoms with Crippen LogP contribution in [0.5, 0.6) is 0 Å². The van der Waals surface area contributed by atoms with Crippen LogP contribution in [-0.2, 0) is 86.1 Å². The smallest absolute Gasteiger partial charge is 0.284 e. The molecule has 8 aromatic carbocycles. The van der Waals surface area contributed by atoms with E-state index in [2.05, 4.69) is 64.0 Å². The lowest BCUT2D eigenvalue weighted by atomic mass is 10.00. The molecular formula is C95H119Cl5F3N20O12S6-. The number of thiazole rings is 2. The van der Waals surface area contributed by atoms with Crippen molar-refractivity contribution in [3.8, 4) is 0 Å². The lowest BCUT2D eigenvalue weighted by Crippen LogP contribution is -2.55. The van der Waals surface area contributed by atoms with E-state index in [1.807, 2.05) is 84.3 Å². The minimum Gasteiger partial charge on any atom is -0.768 e. The summed E-state index contributed by atoms with van der Waals surface area (Å²) in [4.78, 5) is 83.9. The van der Waals surface area contributed by atoms with Crippen molar-refractivity contribution in [1.82, 2.24) is 40.4 Å². The normalized spacial score (nSPS) is 16.8. The number of nitrogen functional groups attached to an aromatic ring is 1. The second kappa shape index (κ2) is 48.6. The minimum absolute atomic E-state index is 0. The number of allylic oxidation sites excluding steroid dienone is 1. The Bertz CT molecular complexity index is 6760. The second-order valence-electron chi connectivity index (χ2n) is 33.2. The first-order valence-electron chi connectivity index (χ1n) is 44.5. The third-order valence-electron chi connectivity index (χ3n) is 23.8. The highest BCUT2D eigenvalue weighted by atomic mass is 35.5. The molecule has 0 bridgehead atoms. The van der Waals surface area contributed by atoms with Crippen LogP contribution in [0.3, 0.4) is 0 Å². The number of piperazine rings is 2. The zero-order valence-electron chi connectivity index (χ0n) is 76.6. The summed E-state index contributed by atoms with van der Waals surface area (Å²) in [6.45, 7) is 16.1. The van der Waals surface area contributed by atoms with Crippen molar-refractivity contribution in [2.24, 2.45) is 10.1 Å². The largest absolute Gasteiger partial charge is 0.768 e. The first-order chi connectivity index (χ1) is 67.2. The van der Waals surface area contributed by atoms with Gasteiger partial charge in [0, 0.05) is 176 Å². The fraction of sp³-hybridized carbons (Fsp3) is 0.305. The standard InChI is InChI=1S/C26H30ClFN6O3S.C22H26ClN3O3S.C21H20Cl2N4O3S2.C20H18F2N4O3S2.C6H8ClN3.9H2/c1-18(34-12-2-3-19-17-20(27)4-9-23(19)34)26(35)33-15-13-32(14-16-33)21-5-7-22(8-6-21)38(36,37)31-25(30)11-10-24(28)29;1-16(26-10-2-3-17-15-18(23)4-9-21(17)26)22(27)25-13-11-24(12-14-25)19-5-7-20(8-6-19)30(28)29;22-17-6-1-14(13-18(17)23)7-9-24-19-8-11-27(20(19)28)15-2-4-16(5-3-15)32(29,30)26-21-25-10-12-31-21;21-14-9-13(10-15(22)11-14)12-24-18-5-7-26(19(18)27)16-1-3-17(4-2-16)31(28,29)25-20-23-6-8-30-20;1-3-5(7)6(8)10-4(2)9-3;;;;;;;;;/h4-11,17-18,29H,2-3,12-16H2,1H3,(H2,30,31);4-9,15-16H,2-3,10-14H2,1H3,(H,28,29);1-6,10,12-13,19,24H,7-9,11H2,(H,25,26);1-4,6,8-11,18,24H,5,7,12H2,(H,23,25);1-2H3,(H2,8,9,10);9*1H/p-1/b11-10-,29-24?;;;;;;;;;;;;;/t18-;16-;19-;;;;;;;;;;;/m110.........../s1. The van der Waals surface area contributed by atoms with E-state index in [-0.39, 0.29) is 85.9 Å². The van der Waals surface area contributed by atoms with E-state index >= 15 is 0 Å². The van der Waals surface area contributed by atoms with Gasteiger partial charge in [-0.25, -0.2) is 45.6 Å². The maximum Gasteiger partial charge on any atom is 0.284 e. The Hall–Kier alpha value is -11.4. The first-order valence-corrected chi connectivity index (χ1v) is 53.7. The maximum absolute atomic E-state index is 13.4. The van der Waals surface area contributed by atoms with Gasteiger partial charge in [-0.3, -0.25) is 38.2 Å². The number of amides is 4. The number of rotatable bonds is 26. The number of benzene rings is 8. The van der Waals surface area contributed by atoms with Crippen LogP contribution in [0.2, 0.25) is 25.1 Å². The predicted molar refractivity (Wildman–Crippen MR) is 569 cm³/mol. The molecule has 0 aliphatic carbocycles. The molecule has 9 heterocycles. The highest BCUT2D eigenvalue weighted by Crippen LogP contribution is 2.37. The van der Waals surface area contributed by atoms with Crippen LogP contribution in [0.4, 0.5) is 63.4 Å². The summed E-state index contributed by atoms with van der Waals surface area (Å²) < 4.78 is 144. The van der Waals surface area contributed by atoms with Crippen molar-refractivity contribution in [2.45, 2.75) is 123 Å². The van der Waals surface area contributed by atoms with Crippen LogP contribution in [-0.4, -0.2) is 208 Å². The summed E-state index contributed by atoms with van der Waals surface area (Å²) in [5.41, 5.74) is 20.7. The number of aryl methyl sites for hydroxylation is 4. The number of hydrogen-bond donors (Lipinski definition) is 7. The molecule has 4 fully saturated rings. The molecule has 764 valence electrons. The zero-order valence-corrected chi connectivity index (χ0v) is 85.3. The van der Waals surface area contributed by atoms with Crippen molar-refractivity contribution in [3.05, 3.63) is 276 Å². The molecule has 4 amide bonds. The molecule has 11 aromatic rings. The summed E-state index contributed by atoms with van der Waals surface area (Å²) in [6, 6.07) is 44.5. The number of nitrogens with one attached hydrogen (secondary N) is 5. The van der Waals surface area contributed by atoms with E-state index in [1.54, 1.807) is 89.0 Å². The van der Waals surface area contributed by atoms with Gasteiger partial charge < -0.3 is 65.9 Å². The molecule has 9 N–H and O–H groups in total. The molecule has 6 aliphatic heterocycles. The number of nitrogens with zero attached hydrogens (tertiary/aromatic N) is 13. The molecular weight excluding hydrogens is 2040 g/mol. The molecule has 0 spiro atoms. The molecule has 141 heavy (non-hydrogen) atoms. The van der Waals surface area contributed by atoms with E-state index in [0.717, 1.165) is 109 Å². The van der Waals surface area contributed by atoms with Gasteiger partial charge in [0.05, 0.1) is 42.5 Å². The Kier molecular flexibility index (Phi) is 36.8. The van der Waals surface area contributed by atoms with Gasteiger partial charge >= 0.3 is 0 Å². The zero-order chi connectivity index (χ0) is 101. The topological polar surface area (TPSA) is 425 Å². The van der Waals surface area contributed by atoms with Gasteiger partial charge in [-0.15, -0.1) is 27.1 Å².